The first-order chi connectivity index (χ1) is 12.4. The lowest BCUT2D eigenvalue weighted by atomic mass is 10.1. The van der Waals surface area contributed by atoms with Crippen molar-refractivity contribution in [3.8, 4) is 0 Å². The highest BCUT2D eigenvalue weighted by Crippen LogP contribution is 2.27. The molecule has 3 rings (SSSR count). The highest BCUT2D eigenvalue weighted by atomic mass is 35.5. The van der Waals surface area contributed by atoms with Gasteiger partial charge in [-0.05, 0) is 68.3 Å². The minimum Gasteiger partial charge on any atom is -0.374 e. The van der Waals surface area contributed by atoms with E-state index in [4.69, 9.17) is 11.6 Å². The minimum atomic E-state index is -0.413. The molecule has 1 heterocycles. The van der Waals surface area contributed by atoms with Crippen molar-refractivity contribution in [2.75, 3.05) is 22.1 Å². The molecule has 1 fully saturated rings. The van der Waals surface area contributed by atoms with Gasteiger partial charge in [-0.2, -0.15) is 0 Å². The van der Waals surface area contributed by atoms with Gasteiger partial charge in [0.1, 0.15) is 6.04 Å². The third-order valence-corrected chi connectivity index (χ3v) is 4.70. The second-order valence-electron chi connectivity index (χ2n) is 6.51. The summed E-state index contributed by atoms with van der Waals surface area (Å²) in [5, 5.41) is 6.68. The first kappa shape index (κ1) is 18.3. The van der Waals surface area contributed by atoms with Gasteiger partial charge in [-0.3, -0.25) is 9.59 Å². The van der Waals surface area contributed by atoms with E-state index in [0.29, 0.717) is 17.1 Å². The van der Waals surface area contributed by atoms with Crippen molar-refractivity contribution in [2.45, 2.75) is 32.7 Å². The molecule has 1 unspecified atom stereocenters. The Bertz CT molecular complexity index is 820. The summed E-state index contributed by atoms with van der Waals surface area (Å²) in [6, 6.07) is 12.4. The van der Waals surface area contributed by atoms with E-state index in [-0.39, 0.29) is 11.8 Å². The number of nitrogens with zero attached hydrogens (tertiary/aromatic N) is 1. The summed E-state index contributed by atoms with van der Waals surface area (Å²) in [7, 11) is 0. The molecule has 1 saturated heterocycles. The van der Waals surface area contributed by atoms with Crippen molar-refractivity contribution < 1.29 is 9.59 Å². The number of benzene rings is 2. The number of hydrogen-bond acceptors (Lipinski definition) is 3. The van der Waals surface area contributed by atoms with E-state index in [1.54, 1.807) is 31.2 Å². The molecule has 2 N–H and O–H groups in total. The summed E-state index contributed by atoms with van der Waals surface area (Å²) in [5.41, 5.74) is 3.50. The highest BCUT2D eigenvalue weighted by Gasteiger charge is 2.23. The van der Waals surface area contributed by atoms with Gasteiger partial charge < -0.3 is 15.5 Å². The van der Waals surface area contributed by atoms with E-state index < -0.39 is 6.04 Å². The van der Waals surface area contributed by atoms with Crippen LogP contribution in [0.5, 0.6) is 0 Å². The van der Waals surface area contributed by atoms with E-state index in [0.717, 1.165) is 29.9 Å². The van der Waals surface area contributed by atoms with E-state index in [1.807, 2.05) is 30.0 Å². The van der Waals surface area contributed by atoms with Crippen molar-refractivity contribution in [1.29, 1.82) is 0 Å². The molecule has 0 aromatic heterocycles. The van der Waals surface area contributed by atoms with Gasteiger partial charge in [-0.25, -0.2) is 0 Å². The fourth-order valence-electron chi connectivity index (χ4n) is 3.05. The number of hydrogen-bond donors (Lipinski definition) is 2. The Labute approximate surface area is 158 Å². The lowest BCUT2D eigenvalue weighted by Crippen LogP contribution is -2.32. The molecule has 0 spiro atoms. The van der Waals surface area contributed by atoms with Crippen LogP contribution in [-0.2, 0) is 9.59 Å². The molecule has 2 aromatic rings. The van der Waals surface area contributed by atoms with Crippen molar-refractivity contribution in [3.63, 3.8) is 0 Å². The largest absolute Gasteiger partial charge is 0.374 e. The second kappa shape index (κ2) is 7.79. The first-order valence-corrected chi connectivity index (χ1v) is 9.06. The maximum Gasteiger partial charge on any atom is 0.246 e. The molecule has 5 nitrogen and oxygen atoms in total. The number of carbonyl (C=O) groups is 2. The van der Waals surface area contributed by atoms with Crippen LogP contribution in [0.1, 0.15) is 25.3 Å². The van der Waals surface area contributed by atoms with Crippen LogP contribution in [0.25, 0.3) is 0 Å². The Balaban J connectivity index is 1.64. The summed E-state index contributed by atoms with van der Waals surface area (Å²) in [4.78, 5) is 26.1. The molecule has 0 radical (unpaired) electrons. The lowest BCUT2D eigenvalue weighted by Gasteiger charge is -2.20. The van der Waals surface area contributed by atoms with E-state index >= 15 is 0 Å². The van der Waals surface area contributed by atoms with Gasteiger partial charge in [-0.1, -0.05) is 11.6 Å². The molecule has 2 aromatic carbocycles. The van der Waals surface area contributed by atoms with Crippen LogP contribution in [0.15, 0.2) is 42.5 Å². The van der Waals surface area contributed by atoms with Crippen LogP contribution >= 0.6 is 11.6 Å². The van der Waals surface area contributed by atoms with Gasteiger partial charge in [0.15, 0.2) is 0 Å². The number of carbonyl (C=O) groups excluding carboxylic acids is 2. The van der Waals surface area contributed by atoms with Gasteiger partial charge in [0.25, 0.3) is 0 Å². The van der Waals surface area contributed by atoms with Gasteiger partial charge in [-0.15, -0.1) is 0 Å². The Morgan fingerprint density at radius 2 is 1.85 bits per heavy atom. The Kier molecular flexibility index (Phi) is 5.47. The average Bonchev–Trinajstić information content (AvgIpc) is 3.03. The van der Waals surface area contributed by atoms with Crippen LogP contribution in [0.3, 0.4) is 0 Å². The topological polar surface area (TPSA) is 61.4 Å². The summed E-state index contributed by atoms with van der Waals surface area (Å²) in [5.74, 6) is 0.0355. The number of halogens is 1. The predicted molar refractivity (Wildman–Crippen MR) is 106 cm³/mol. The zero-order valence-corrected chi connectivity index (χ0v) is 15.6. The van der Waals surface area contributed by atoms with Gasteiger partial charge in [0.2, 0.25) is 11.8 Å². The lowest BCUT2D eigenvalue weighted by molar-refractivity contribution is -0.117. The van der Waals surface area contributed by atoms with Crippen LogP contribution < -0.4 is 15.5 Å². The molecule has 1 atom stereocenters. The molecule has 26 heavy (non-hydrogen) atoms. The molecule has 0 aliphatic carbocycles. The fraction of sp³-hybridized carbons (Fsp3) is 0.300. The third kappa shape index (κ3) is 4.17. The molecule has 2 amide bonds. The van der Waals surface area contributed by atoms with Crippen molar-refractivity contribution in [1.82, 2.24) is 0 Å². The number of anilines is 3. The molecular formula is C20H22ClN3O2. The first-order valence-electron chi connectivity index (χ1n) is 8.68. The Morgan fingerprint density at radius 1 is 1.15 bits per heavy atom. The Morgan fingerprint density at radius 3 is 2.46 bits per heavy atom. The second-order valence-corrected chi connectivity index (χ2v) is 6.95. The minimum absolute atomic E-state index is 0.135. The molecule has 1 aliphatic rings. The van der Waals surface area contributed by atoms with Crippen LogP contribution in [0.4, 0.5) is 17.1 Å². The molecule has 0 saturated carbocycles. The Hall–Kier alpha value is -2.53. The zero-order valence-electron chi connectivity index (χ0n) is 14.9. The van der Waals surface area contributed by atoms with Crippen molar-refractivity contribution in [2.24, 2.45) is 0 Å². The number of aryl methyl sites for hydroxylation is 1. The quantitative estimate of drug-likeness (QED) is 0.827. The molecule has 6 heteroatoms. The van der Waals surface area contributed by atoms with Gasteiger partial charge in [0, 0.05) is 35.1 Å². The van der Waals surface area contributed by atoms with Crippen LogP contribution in [0, 0.1) is 6.92 Å². The maximum atomic E-state index is 12.3. The summed E-state index contributed by atoms with van der Waals surface area (Å²) in [6.07, 6.45) is 1.52. The molecule has 0 bridgehead atoms. The molecule has 1 aliphatic heterocycles. The number of nitrogens with one attached hydrogen (secondary N) is 2. The van der Waals surface area contributed by atoms with Crippen LogP contribution in [0.2, 0.25) is 5.02 Å². The van der Waals surface area contributed by atoms with Gasteiger partial charge >= 0.3 is 0 Å². The average molecular weight is 372 g/mol. The van der Waals surface area contributed by atoms with Crippen molar-refractivity contribution >= 4 is 40.5 Å². The summed E-state index contributed by atoms with van der Waals surface area (Å²) >= 11 is 5.85. The SMILES string of the molecule is Cc1cc(NC(C)C(=O)Nc2ccc(Cl)cc2)ccc1N1CCCC1=O. The number of amides is 2. The summed E-state index contributed by atoms with van der Waals surface area (Å²) < 4.78 is 0. The standard InChI is InChI=1S/C20H22ClN3O2/c1-13-12-17(9-10-18(13)24-11-3-4-19(24)25)22-14(2)20(26)23-16-7-5-15(21)6-8-16/h5-10,12,14,22H,3-4,11H2,1-2H3,(H,23,26). The fourth-order valence-corrected chi connectivity index (χ4v) is 3.18. The number of rotatable bonds is 5. The third-order valence-electron chi connectivity index (χ3n) is 4.45. The normalized spacial score (nSPS) is 15.0. The maximum absolute atomic E-state index is 12.3. The zero-order chi connectivity index (χ0) is 18.7. The molecular weight excluding hydrogens is 350 g/mol. The van der Waals surface area contributed by atoms with E-state index in [1.165, 1.54) is 0 Å². The smallest absolute Gasteiger partial charge is 0.246 e. The van der Waals surface area contributed by atoms with Crippen LogP contribution in [-0.4, -0.2) is 24.4 Å². The predicted octanol–water partition coefficient (Wildman–Crippen LogP) is 4.21. The summed E-state index contributed by atoms with van der Waals surface area (Å²) in [6.45, 7) is 4.55. The highest BCUT2D eigenvalue weighted by molar-refractivity contribution is 6.30. The van der Waals surface area contributed by atoms with E-state index in [9.17, 15) is 9.59 Å². The van der Waals surface area contributed by atoms with E-state index in [2.05, 4.69) is 10.6 Å². The van der Waals surface area contributed by atoms with Crippen molar-refractivity contribution in [3.05, 3.63) is 53.1 Å². The monoisotopic (exact) mass is 371 g/mol. The van der Waals surface area contributed by atoms with Gasteiger partial charge in [0.05, 0.1) is 0 Å². The molecule has 136 valence electrons.